The number of carboxylic acid groups (broad SMARTS) is 1. The summed E-state index contributed by atoms with van der Waals surface area (Å²) in [5.41, 5.74) is -1.47. The average molecular weight is 428 g/mol. The molecule has 30 heavy (non-hydrogen) atoms. The maximum absolute atomic E-state index is 12.9. The highest BCUT2D eigenvalue weighted by molar-refractivity contribution is 5.90. The lowest BCUT2D eigenvalue weighted by molar-refractivity contribution is -0.143. The monoisotopic (exact) mass is 427 g/mol. The van der Waals surface area contributed by atoms with Crippen LogP contribution in [0.2, 0.25) is 0 Å². The number of carbonyl (C=O) groups is 4. The summed E-state index contributed by atoms with van der Waals surface area (Å²) in [6, 6.07) is -2.22. The van der Waals surface area contributed by atoms with Gasteiger partial charge in [0.15, 0.2) is 0 Å². The number of ether oxygens (including phenoxy) is 1. The molecule has 9 nitrogen and oxygen atoms in total. The van der Waals surface area contributed by atoms with Crippen LogP contribution in [0.5, 0.6) is 0 Å². The van der Waals surface area contributed by atoms with Crippen molar-refractivity contribution >= 4 is 23.9 Å². The molecule has 3 unspecified atom stereocenters. The van der Waals surface area contributed by atoms with Crippen molar-refractivity contribution < 1.29 is 29.0 Å². The number of amides is 3. The smallest absolute Gasteiger partial charge is 0.408 e. The molecule has 1 fully saturated rings. The number of alkyl carbamates (subject to hydrolysis) is 1. The normalized spacial score (nSPS) is 20.7. The molecule has 1 saturated heterocycles. The molecule has 1 aliphatic rings. The minimum atomic E-state index is -1.25. The molecule has 1 rings (SSSR count). The predicted molar refractivity (Wildman–Crippen MR) is 112 cm³/mol. The van der Waals surface area contributed by atoms with Crippen LogP contribution >= 0.6 is 0 Å². The van der Waals surface area contributed by atoms with Crippen LogP contribution in [0.1, 0.15) is 74.7 Å². The van der Waals surface area contributed by atoms with E-state index in [1.54, 1.807) is 20.8 Å². The van der Waals surface area contributed by atoms with E-state index < -0.39 is 47.1 Å². The Kier molecular flexibility index (Phi) is 7.90. The Hall–Kier alpha value is -2.32. The molecule has 1 heterocycles. The molecule has 1 aliphatic heterocycles. The summed E-state index contributed by atoms with van der Waals surface area (Å²) < 4.78 is 5.23. The molecule has 172 valence electrons. The number of rotatable bonds is 7. The van der Waals surface area contributed by atoms with Crippen LogP contribution in [0.3, 0.4) is 0 Å². The lowest BCUT2D eigenvalue weighted by Gasteiger charge is -2.29. The quantitative estimate of drug-likeness (QED) is 0.492. The lowest BCUT2D eigenvalue weighted by Crippen LogP contribution is -2.53. The van der Waals surface area contributed by atoms with Gasteiger partial charge in [-0.2, -0.15) is 0 Å². The second kappa shape index (κ2) is 9.22. The number of hydrogen-bond acceptors (Lipinski definition) is 5. The van der Waals surface area contributed by atoms with Gasteiger partial charge in [-0.25, -0.2) is 9.59 Å². The van der Waals surface area contributed by atoms with Gasteiger partial charge >= 0.3 is 12.1 Å². The van der Waals surface area contributed by atoms with Crippen LogP contribution in [0, 0.1) is 11.3 Å². The van der Waals surface area contributed by atoms with Crippen molar-refractivity contribution in [1.82, 2.24) is 16.0 Å². The first-order valence-electron chi connectivity index (χ1n) is 10.2. The van der Waals surface area contributed by atoms with Crippen molar-refractivity contribution in [2.24, 2.45) is 11.3 Å². The van der Waals surface area contributed by atoms with E-state index in [0.29, 0.717) is 6.42 Å². The highest BCUT2D eigenvalue weighted by atomic mass is 16.6. The van der Waals surface area contributed by atoms with E-state index in [1.165, 1.54) is 0 Å². The van der Waals surface area contributed by atoms with E-state index >= 15 is 0 Å². The van der Waals surface area contributed by atoms with Crippen molar-refractivity contribution in [1.29, 1.82) is 0 Å². The minimum Gasteiger partial charge on any atom is -0.480 e. The summed E-state index contributed by atoms with van der Waals surface area (Å²) >= 11 is 0. The molecule has 4 N–H and O–H groups in total. The molecule has 0 bridgehead atoms. The highest BCUT2D eigenvalue weighted by Gasteiger charge is 2.40. The first-order valence-corrected chi connectivity index (χ1v) is 10.2. The van der Waals surface area contributed by atoms with Gasteiger partial charge < -0.3 is 25.8 Å². The first-order chi connectivity index (χ1) is 13.4. The van der Waals surface area contributed by atoms with Crippen molar-refractivity contribution in [3.8, 4) is 0 Å². The van der Waals surface area contributed by atoms with E-state index in [0.717, 1.165) is 0 Å². The summed E-state index contributed by atoms with van der Waals surface area (Å²) in [6.45, 7) is 14.6. The third kappa shape index (κ3) is 9.00. The molecule has 0 spiro atoms. The SMILES string of the molecule is CC(C)(C)CC(NC(=O)OC(C)(C)C)C(=O)NC(CC1CC(C)(C)NC1=O)C(=O)O. The van der Waals surface area contributed by atoms with Crippen LogP contribution in [-0.2, 0) is 19.1 Å². The standard InChI is InChI=1S/C21H37N3O6/c1-19(2,3)11-14(23-18(29)30-20(4,5)6)16(26)22-13(17(27)28)9-12-10-21(7,8)24-15(12)25/h12-14H,9-11H2,1-8H3,(H,22,26)(H,23,29)(H,24,25)(H,27,28). The molecular formula is C21H37N3O6. The maximum atomic E-state index is 12.9. The zero-order chi connectivity index (χ0) is 23.5. The number of carbonyl (C=O) groups excluding carboxylic acids is 3. The Morgan fingerprint density at radius 3 is 2.10 bits per heavy atom. The largest absolute Gasteiger partial charge is 0.480 e. The zero-order valence-electron chi connectivity index (χ0n) is 19.3. The molecule has 0 aliphatic carbocycles. The number of hydrogen-bond donors (Lipinski definition) is 4. The van der Waals surface area contributed by atoms with Crippen LogP contribution in [-0.4, -0.2) is 52.2 Å². The number of nitrogens with one attached hydrogen (secondary N) is 3. The van der Waals surface area contributed by atoms with Crippen LogP contribution < -0.4 is 16.0 Å². The molecule has 0 saturated carbocycles. The second-order valence-corrected chi connectivity index (χ2v) is 10.9. The fourth-order valence-corrected chi connectivity index (χ4v) is 3.44. The molecule has 0 aromatic heterocycles. The van der Waals surface area contributed by atoms with Gasteiger partial charge in [0.2, 0.25) is 11.8 Å². The van der Waals surface area contributed by atoms with Crippen LogP contribution in [0.4, 0.5) is 4.79 Å². The van der Waals surface area contributed by atoms with Crippen molar-refractivity contribution in [3.63, 3.8) is 0 Å². The second-order valence-electron chi connectivity index (χ2n) is 10.9. The predicted octanol–water partition coefficient (Wildman–Crippen LogP) is 2.19. The Labute approximate surface area is 178 Å². The molecule has 9 heteroatoms. The van der Waals surface area contributed by atoms with Crippen LogP contribution in [0.15, 0.2) is 0 Å². The van der Waals surface area contributed by atoms with E-state index in [-0.39, 0.29) is 24.2 Å². The number of aliphatic carboxylic acids is 1. The number of carboxylic acids is 1. The molecule has 0 aromatic rings. The van der Waals surface area contributed by atoms with Gasteiger partial charge in [0.05, 0.1) is 0 Å². The fourth-order valence-electron chi connectivity index (χ4n) is 3.44. The van der Waals surface area contributed by atoms with E-state index in [4.69, 9.17) is 4.74 Å². The van der Waals surface area contributed by atoms with Gasteiger partial charge in [-0.1, -0.05) is 20.8 Å². The Bertz CT molecular complexity index is 675. The average Bonchev–Trinajstić information content (AvgIpc) is 2.74. The summed E-state index contributed by atoms with van der Waals surface area (Å²) in [5, 5.41) is 17.5. The summed E-state index contributed by atoms with van der Waals surface area (Å²) in [7, 11) is 0. The van der Waals surface area contributed by atoms with E-state index in [1.807, 2.05) is 34.6 Å². The highest BCUT2D eigenvalue weighted by Crippen LogP contribution is 2.28. The van der Waals surface area contributed by atoms with Crippen molar-refractivity contribution in [2.45, 2.75) is 97.9 Å². The van der Waals surface area contributed by atoms with Gasteiger partial charge in [0, 0.05) is 11.5 Å². The Balaban J connectivity index is 2.90. The van der Waals surface area contributed by atoms with Gasteiger partial charge in [-0.15, -0.1) is 0 Å². The van der Waals surface area contributed by atoms with E-state index in [2.05, 4.69) is 16.0 Å². The van der Waals surface area contributed by atoms with Gasteiger partial charge in [-0.05, 0) is 59.3 Å². The Morgan fingerprint density at radius 1 is 1.13 bits per heavy atom. The minimum absolute atomic E-state index is 0.0228. The fraction of sp³-hybridized carbons (Fsp3) is 0.810. The van der Waals surface area contributed by atoms with Crippen LogP contribution in [0.25, 0.3) is 0 Å². The molecule has 3 amide bonds. The molecule has 3 atom stereocenters. The van der Waals surface area contributed by atoms with Gasteiger partial charge in [-0.3, -0.25) is 9.59 Å². The van der Waals surface area contributed by atoms with Gasteiger partial charge in [0.1, 0.15) is 17.7 Å². The molecular weight excluding hydrogens is 390 g/mol. The van der Waals surface area contributed by atoms with E-state index in [9.17, 15) is 24.3 Å². The lowest BCUT2D eigenvalue weighted by atomic mass is 9.87. The topological polar surface area (TPSA) is 134 Å². The third-order valence-corrected chi connectivity index (χ3v) is 4.55. The third-order valence-electron chi connectivity index (χ3n) is 4.55. The van der Waals surface area contributed by atoms with Gasteiger partial charge in [0.25, 0.3) is 0 Å². The maximum Gasteiger partial charge on any atom is 0.408 e. The summed E-state index contributed by atoms with van der Waals surface area (Å²) in [5.74, 6) is -2.59. The summed E-state index contributed by atoms with van der Waals surface area (Å²) in [4.78, 5) is 49.0. The first kappa shape index (κ1) is 25.7. The summed E-state index contributed by atoms with van der Waals surface area (Å²) in [6.07, 6.45) is -0.0184. The van der Waals surface area contributed by atoms with Crippen molar-refractivity contribution in [2.75, 3.05) is 0 Å². The Morgan fingerprint density at radius 2 is 1.70 bits per heavy atom. The molecule has 0 radical (unpaired) electrons. The molecule has 0 aromatic carbocycles. The zero-order valence-corrected chi connectivity index (χ0v) is 19.3. The van der Waals surface area contributed by atoms with Crippen molar-refractivity contribution in [3.05, 3.63) is 0 Å².